The quantitative estimate of drug-likeness (QED) is 0.302. The van der Waals surface area contributed by atoms with Gasteiger partial charge in [-0.05, 0) is 13.8 Å². The standard InChI is InChI=1S/C8H11NO6/c1-4(2)14-9-6(10)3-5(7(9)11)8(12)15-13/h4-5,13H,3H2,1-2H3. The van der Waals surface area contributed by atoms with E-state index in [-0.39, 0.29) is 12.5 Å². The Morgan fingerprint density at radius 2 is 2.13 bits per heavy atom. The highest BCUT2D eigenvalue weighted by Crippen LogP contribution is 2.21. The zero-order valence-corrected chi connectivity index (χ0v) is 8.30. The molecule has 0 saturated carbocycles. The molecule has 0 radical (unpaired) electrons. The highest BCUT2D eigenvalue weighted by Gasteiger charge is 2.45. The van der Waals surface area contributed by atoms with Gasteiger partial charge in [0.05, 0.1) is 12.5 Å². The molecule has 1 heterocycles. The first-order valence-electron chi connectivity index (χ1n) is 4.36. The van der Waals surface area contributed by atoms with E-state index in [0.29, 0.717) is 5.06 Å². The average molecular weight is 217 g/mol. The number of nitrogens with zero attached hydrogens (tertiary/aromatic N) is 1. The minimum atomic E-state index is -1.30. The Labute approximate surface area is 85.4 Å². The maximum atomic E-state index is 11.4. The van der Waals surface area contributed by atoms with Crippen LogP contribution in [-0.2, 0) is 24.1 Å². The van der Waals surface area contributed by atoms with Gasteiger partial charge in [-0.1, -0.05) is 0 Å². The zero-order chi connectivity index (χ0) is 11.6. The van der Waals surface area contributed by atoms with E-state index in [1.807, 2.05) is 0 Å². The Balaban J connectivity index is 2.74. The normalized spacial score (nSPS) is 21.3. The molecule has 84 valence electrons. The van der Waals surface area contributed by atoms with Crippen LogP contribution in [0.5, 0.6) is 0 Å². The van der Waals surface area contributed by atoms with E-state index >= 15 is 0 Å². The fourth-order valence-electron chi connectivity index (χ4n) is 1.18. The summed E-state index contributed by atoms with van der Waals surface area (Å²) in [5.74, 6) is -3.89. The van der Waals surface area contributed by atoms with Crippen molar-refractivity contribution < 1.29 is 29.4 Å². The molecule has 1 rings (SSSR count). The molecule has 0 aliphatic carbocycles. The molecule has 1 saturated heterocycles. The largest absolute Gasteiger partial charge is 0.355 e. The van der Waals surface area contributed by atoms with Gasteiger partial charge in [-0.25, -0.2) is 4.79 Å². The van der Waals surface area contributed by atoms with E-state index in [2.05, 4.69) is 4.89 Å². The van der Waals surface area contributed by atoms with Crippen LogP contribution in [0.25, 0.3) is 0 Å². The maximum Gasteiger partial charge on any atom is 0.355 e. The van der Waals surface area contributed by atoms with Crippen molar-refractivity contribution in [3.05, 3.63) is 0 Å². The van der Waals surface area contributed by atoms with Gasteiger partial charge in [0.1, 0.15) is 0 Å². The van der Waals surface area contributed by atoms with Gasteiger partial charge in [0.25, 0.3) is 11.8 Å². The number of hydrogen-bond acceptors (Lipinski definition) is 6. The summed E-state index contributed by atoms with van der Waals surface area (Å²) < 4.78 is 0. The van der Waals surface area contributed by atoms with Crippen LogP contribution in [0.1, 0.15) is 20.3 Å². The summed E-state index contributed by atoms with van der Waals surface area (Å²) in [5.41, 5.74) is 0. The van der Waals surface area contributed by atoms with Crippen molar-refractivity contribution in [3.63, 3.8) is 0 Å². The van der Waals surface area contributed by atoms with Gasteiger partial charge in [0.15, 0.2) is 5.92 Å². The minimum Gasteiger partial charge on any atom is -0.300 e. The van der Waals surface area contributed by atoms with Gasteiger partial charge < -0.3 is 4.89 Å². The molecule has 0 bridgehead atoms. The monoisotopic (exact) mass is 217 g/mol. The van der Waals surface area contributed by atoms with Gasteiger partial charge in [-0.3, -0.25) is 14.4 Å². The molecule has 1 N–H and O–H groups in total. The third-order valence-corrected chi connectivity index (χ3v) is 1.79. The van der Waals surface area contributed by atoms with Crippen LogP contribution >= 0.6 is 0 Å². The number of amides is 2. The van der Waals surface area contributed by atoms with Gasteiger partial charge in [-0.15, -0.1) is 0 Å². The average Bonchev–Trinajstić information content (AvgIpc) is 2.44. The molecule has 1 fully saturated rings. The number of imide groups is 1. The molecule has 1 unspecified atom stereocenters. The van der Waals surface area contributed by atoms with Crippen LogP contribution < -0.4 is 0 Å². The van der Waals surface area contributed by atoms with Crippen molar-refractivity contribution in [2.45, 2.75) is 26.4 Å². The Morgan fingerprint density at radius 1 is 1.53 bits per heavy atom. The molecule has 7 heteroatoms. The zero-order valence-electron chi connectivity index (χ0n) is 8.30. The fourth-order valence-corrected chi connectivity index (χ4v) is 1.18. The Kier molecular flexibility index (Phi) is 3.38. The highest BCUT2D eigenvalue weighted by molar-refractivity contribution is 6.11. The fraction of sp³-hybridized carbons (Fsp3) is 0.625. The van der Waals surface area contributed by atoms with Crippen molar-refractivity contribution in [1.82, 2.24) is 5.06 Å². The summed E-state index contributed by atoms with van der Waals surface area (Å²) in [5, 5.41) is 8.63. The van der Waals surface area contributed by atoms with Gasteiger partial charge >= 0.3 is 5.97 Å². The van der Waals surface area contributed by atoms with Crippen molar-refractivity contribution in [2.75, 3.05) is 0 Å². The Hall–Kier alpha value is -1.47. The molecule has 7 nitrogen and oxygen atoms in total. The van der Waals surface area contributed by atoms with Crippen LogP contribution in [-0.4, -0.2) is 34.2 Å². The summed E-state index contributed by atoms with van der Waals surface area (Å²) >= 11 is 0. The molecule has 0 aromatic heterocycles. The highest BCUT2D eigenvalue weighted by atomic mass is 17.1. The second kappa shape index (κ2) is 4.37. The Morgan fingerprint density at radius 3 is 2.60 bits per heavy atom. The third-order valence-electron chi connectivity index (χ3n) is 1.79. The summed E-state index contributed by atoms with van der Waals surface area (Å²) in [6, 6.07) is 0. The first-order valence-corrected chi connectivity index (χ1v) is 4.36. The second-order valence-corrected chi connectivity index (χ2v) is 3.35. The topological polar surface area (TPSA) is 93.1 Å². The lowest BCUT2D eigenvalue weighted by atomic mass is 10.1. The number of rotatable bonds is 3. The molecule has 1 aliphatic heterocycles. The summed E-state index contributed by atoms with van der Waals surface area (Å²) in [6.45, 7) is 3.27. The molecule has 15 heavy (non-hydrogen) atoms. The lowest BCUT2D eigenvalue weighted by Gasteiger charge is -2.16. The third kappa shape index (κ3) is 2.31. The van der Waals surface area contributed by atoms with Crippen LogP contribution in [0.3, 0.4) is 0 Å². The van der Waals surface area contributed by atoms with E-state index in [4.69, 9.17) is 10.1 Å². The van der Waals surface area contributed by atoms with Crippen LogP contribution in [0.2, 0.25) is 0 Å². The number of carbonyl (C=O) groups excluding carboxylic acids is 3. The second-order valence-electron chi connectivity index (χ2n) is 3.35. The minimum absolute atomic E-state index is 0.342. The number of hydroxylamine groups is 2. The van der Waals surface area contributed by atoms with E-state index < -0.39 is 23.7 Å². The molecule has 2 amide bonds. The first kappa shape index (κ1) is 11.6. The number of hydrogen-bond donors (Lipinski definition) is 1. The molecular formula is C8H11NO6. The Bertz CT molecular complexity index is 300. The molecule has 0 aromatic carbocycles. The first-order chi connectivity index (χ1) is 6.97. The van der Waals surface area contributed by atoms with Crippen molar-refractivity contribution in [2.24, 2.45) is 5.92 Å². The van der Waals surface area contributed by atoms with E-state index in [0.717, 1.165) is 0 Å². The molecule has 1 aliphatic rings. The molecule has 0 spiro atoms. The molecule has 0 aromatic rings. The van der Waals surface area contributed by atoms with E-state index in [1.54, 1.807) is 13.8 Å². The molecule has 1 atom stereocenters. The van der Waals surface area contributed by atoms with Crippen LogP contribution in [0, 0.1) is 5.92 Å². The van der Waals surface area contributed by atoms with Gasteiger partial charge in [0.2, 0.25) is 0 Å². The smallest absolute Gasteiger partial charge is 0.300 e. The lowest BCUT2D eigenvalue weighted by Crippen LogP contribution is -2.35. The van der Waals surface area contributed by atoms with Crippen molar-refractivity contribution in [1.29, 1.82) is 0 Å². The lowest BCUT2D eigenvalue weighted by molar-refractivity contribution is -0.239. The SMILES string of the molecule is CC(C)ON1C(=O)CC(C(=O)OO)C1=O. The van der Waals surface area contributed by atoms with E-state index in [9.17, 15) is 14.4 Å². The molecular weight excluding hydrogens is 206 g/mol. The maximum absolute atomic E-state index is 11.4. The predicted octanol–water partition coefficient (Wildman–Crippen LogP) is -0.282. The predicted molar refractivity (Wildman–Crippen MR) is 44.9 cm³/mol. The van der Waals surface area contributed by atoms with Crippen molar-refractivity contribution >= 4 is 17.8 Å². The van der Waals surface area contributed by atoms with Crippen LogP contribution in [0.4, 0.5) is 0 Å². The van der Waals surface area contributed by atoms with Gasteiger partial charge in [-0.2, -0.15) is 10.3 Å². The van der Waals surface area contributed by atoms with Crippen LogP contribution in [0.15, 0.2) is 0 Å². The summed E-state index contributed by atoms with van der Waals surface area (Å²) in [6.07, 6.45) is -0.702. The summed E-state index contributed by atoms with van der Waals surface area (Å²) in [4.78, 5) is 41.9. The summed E-state index contributed by atoms with van der Waals surface area (Å²) in [7, 11) is 0. The van der Waals surface area contributed by atoms with E-state index in [1.165, 1.54) is 0 Å². The van der Waals surface area contributed by atoms with Crippen molar-refractivity contribution in [3.8, 4) is 0 Å². The van der Waals surface area contributed by atoms with Gasteiger partial charge in [0, 0.05) is 0 Å². The number of carbonyl (C=O) groups is 3.